The van der Waals surface area contributed by atoms with Gasteiger partial charge in [0.1, 0.15) is 12.4 Å². The van der Waals surface area contributed by atoms with Gasteiger partial charge in [-0.05, 0) is 31.9 Å². The van der Waals surface area contributed by atoms with Crippen LogP contribution in [0.1, 0.15) is 30.0 Å². The number of halogens is 1. The van der Waals surface area contributed by atoms with Gasteiger partial charge in [0.05, 0.1) is 17.3 Å². The molecule has 3 aromatic rings. The topological polar surface area (TPSA) is 83.4 Å². The van der Waals surface area contributed by atoms with Crippen molar-refractivity contribution in [2.24, 2.45) is 0 Å². The van der Waals surface area contributed by atoms with E-state index in [1.165, 1.54) is 0 Å². The van der Waals surface area contributed by atoms with Crippen LogP contribution < -0.4 is 10.1 Å². The Bertz CT molecular complexity index is 959. The molecule has 3 heterocycles. The van der Waals surface area contributed by atoms with Gasteiger partial charge in [-0.25, -0.2) is 4.79 Å². The quantitative estimate of drug-likeness (QED) is 0.691. The van der Waals surface area contributed by atoms with Crippen LogP contribution in [0.25, 0.3) is 10.9 Å². The molecule has 0 bridgehead atoms. The minimum absolute atomic E-state index is 0.0180. The van der Waals surface area contributed by atoms with E-state index >= 15 is 0 Å². The Hall–Kier alpha value is -2.67. The monoisotopic (exact) mass is 388 g/mol. The van der Waals surface area contributed by atoms with E-state index in [2.05, 4.69) is 15.5 Å². The summed E-state index contributed by atoms with van der Waals surface area (Å²) < 4.78 is 10.9. The largest absolute Gasteiger partial charge is 0.484 e. The zero-order valence-electron chi connectivity index (χ0n) is 15.0. The summed E-state index contributed by atoms with van der Waals surface area (Å²) in [6.07, 6.45) is 2.16. The number of aryl methyl sites for hydroxylation is 1. The molecule has 0 saturated carbocycles. The Morgan fingerprint density at radius 3 is 2.89 bits per heavy atom. The minimum Gasteiger partial charge on any atom is -0.484 e. The van der Waals surface area contributed by atoms with Crippen LogP contribution in [-0.2, 0) is 13.2 Å². The van der Waals surface area contributed by atoms with Crippen molar-refractivity contribution in [2.45, 2.75) is 32.9 Å². The maximum absolute atomic E-state index is 12.1. The van der Waals surface area contributed by atoms with E-state index in [0.29, 0.717) is 23.1 Å². The highest BCUT2D eigenvalue weighted by molar-refractivity contribution is 6.32. The molecular formula is C19H21ClN4O3. The van der Waals surface area contributed by atoms with Gasteiger partial charge in [0.2, 0.25) is 0 Å². The van der Waals surface area contributed by atoms with Crippen molar-refractivity contribution in [2.75, 3.05) is 13.1 Å². The first kappa shape index (κ1) is 17.7. The second kappa shape index (κ2) is 7.52. The molecular weight excluding hydrogens is 368 g/mol. The lowest BCUT2D eigenvalue weighted by molar-refractivity contribution is 0.208. The molecule has 4 rings (SSSR count). The third-order valence-corrected chi connectivity index (χ3v) is 4.89. The lowest BCUT2D eigenvalue weighted by Crippen LogP contribution is -2.37. The van der Waals surface area contributed by atoms with Crippen molar-refractivity contribution in [3.05, 3.63) is 46.4 Å². The highest BCUT2D eigenvalue weighted by Gasteiger charge is 2.17. The van der Waals surface area contributed by atoms with Gasteiger partial charge in [0.25, 0.3) is 0 Å². The lowest BCUT2D eigenvalue weighted by atomic mass is 10.2. The average molecular weight is 389 g/mol. The van der Waals surface area contributed by atoms with Gasteiger partial charge in [-0.15, -0.1) is 0 Å². The number of urea groups is 1. The van der Waals surface area contributed by atoms with Gasteiger partial charge in [-0.3, -0.25) is 0 Å². The molecule has 0 unspecified atom stereocenters. The number of hydrogen-bond acceptors (Lipinski definition) is 4. The van der Waals surface area contributed by atoms with Crippen molar-refractivity contribution in [3.8, 4) is 5.75 Å². The fourth-order valence-electron chi connectivity index (χ4n) is 3.24. The predicted molar refractivity (Wildman–Crippen MR) is 102 cm³/mol. The number of fused-ring (bicyclic) bond motifs is 1. The number of carbonyl (C=O) groups excluding carboxylic acids is 1. The fraction of sp³-hybridized carbons (Fsp3) is 0.368. The van der Waals surface area contributed by atoms with Gasteiger partial charge < -0.3 is 24.5 Å². The zero-order chi connectivity index (χ0) is 18.8. The second-order valence-corrected chi connectivity index (χ2v) is 7.15. The van der Waals surface area contributed by atoms with Crippen molar-refractivity contribution in [1.82, 2.24) is 20.4 Å². The molecule has 2 amide bonds. The van der Waals surface area contributed by atoms with E-state index in [1.807, 2.05) is 36.1 Å². The Labute approximate surface area is 161 Å². The molecule has 142 valence electrons. The zero-order valence-corrected chi connectivity index (χ0v) is 15.8. The second-order valence-electron chi connectivity index (χ2n) is 6.74. The normalized spacial score (nSPS) is 14.1. The SMILES string of the molecule is Cc1cc(COc2cc3[nH]c(CNC(=O)N4CCCC4)cc3cc2Cl)on1. The van der Waals surface area contributed by atoms with Crippen LogP contribution in [0, 0.1) is 6.92 Å². The number of benzene rings is 1. The van der Waals surface area contributed by atoms with Crippen LogP contribution in [0.2, 0.25) is 5.02 Å². The number of amides is 2. The number of likely N-dealkylation sites (tertiary alicyclic amines) is 1. The van der Waals surface area contributed by atoms with E-state index in [-0.39, 0.29) is 12.6 Å². The van der Waals surface area contributed by atoms with Crippen molar-refractivity contribution in [3.63, 3.8) is 0 Å². The molecule has 8 heteroatoms. The Kier molecular flexibility index (Phi) is 4.94. The number of nitrogens with one attached hydrogen (secondary N) is 2. The minimum atomic E-state index is -0.0180. The van der Waals surface area contributed by atoms with Gasteiger partial charge in [0, 0.05) is 41.8 Å². The van der Waals surface area contributed by atoms with E-state index in [9.17, 15) is 4.79 Å². The summed E-state index contributed by atoms with van der Waals surface area (Å²) in [5, 5.41) is 8.27. The van der Waals surface area contributed by atoms with E-state index < -0.39 is 0 Å². The molecule has 7 nitrogen and oxygen atoms in total. The van der Waals surface area contributed by atoms with Gasteiger partial charge >= 0.3 is 6.03 Å². The highest BCUT2D eigenvalue weighted by Crippen LogP contribution is 2.31. The Morgan fingerprint density at radius 1 is 1.33 bits per heavy atom. The summed E-state index contributed by atoms with van der Waals surface area (Å²) >= 11 is 6.34. The maximum Gasteiger partial charge on any atom is 0.317 e. The molecule has 0 aliphatic carbocycles. The molecule has 0 atom stereocenters. The smallest absolute Gasteiger partial charge is 0.317 e. The third kappa shape index (κ3) is 4.03. The standard InChI is InChI=1S/C19H21ClN4O3/c1-12-6-15(27-23-12)11-26-18-9-17-13(8-16(18)20)7-14(22-17)10-21-19(25)24-4-2-3-5-24/h6-9,22H,2-5,10-11H2,1H3,(H,21,25). The molecule has 1 aliphatic heterocycles. The lowest BCUT2D eigenvalue weighted by Gasteiger charge is -2.15. The van der Waals surface area contributed by atoms with Crippen LogP contribution >= 0.6 is 11.6 Å². The first-order valence-electron chi connectivity index (χ1n) is 8.97. The van der Waals surface area contributed by atoms with Crippen LogP contribution in [0.3, 0.4) is 0 Å². The third-order valence-electron chi connectivity index (χ3n) is 4.60. The van der Waals surface area contributed by atoms with Gasteiger partial charge in [-0.2, -0.15) is 0 Å². The molecule has 0 radical (unpaired) electrons. The van der Waals surface area contributed by atoms with Crippen LogP contribution in [0.5, 0.6) is 5.75 Å². The van der Waals surface area contributed by atoms with E-state index in [1.54, 1.807) is 0 Å². The predicted octanol–water partition coefficient (Wildman–Crippen LogP) is 4.00. The van der Waals surface area contributed by atoms with Crippen molar-refractivity contribution in [1.29, 1.82) is 0 Å². The van der Waals surface area contributed by atoms with Crippen LogP contribution in [0.15, 0.2) is 28.8 Å². The first-order chi connectivity index (χ1) is 13.1. The fourth-order valence-corrected chi connectivity index (χ4v) is 3.46. The van der Waals surface area contributed by atoms with Gasteiger partial charge in [-0.1, -0.05) is 16.8 Å². The summed E-state index contributed by atoms with van der Waals surface area (Å²) in [7, 11) is 0. The number of carbonyl (C=O) groups is 1. The first-order valence-corrected chi connectivity index (χ1v) is 9.35. The molecule has 1 aliphatic rings. The number of aromatic amines is 1. The molecule has 1 fully saturated rings. The molecule has 1 saturated heterocycles. The summed E-state index contributed by atoms with van der Waals surface area (Å²) in [6.45, 7) is 4.22. The number of ether oxygens (including phenoxy) is 1. The average Bonchev–Trinajstić information content (AvgIpc) is 3.38. The number of nitrogens with zero attached hydrogens (tertiary/aromatic N) is 2. The molecule has 2 aromatic heterocycles. The van der Waals surface area contributed by atoms with Crippen LogP contribution in [0.4, 0.5) is 4.79 Å². The Balaban J connectivity index is 1.43. The Morgan fingerprint density at radius 2 is 2.15 bits per heavy atom. The summed E-state index contributed by atoms with van der Waals surface area (Å²) in [5.74, 6) is 1.20. The van der Waals surface area contributed by atoms with Crippen molar-refractivity contribution >= 4 is 28.5 Å². The molecule has 2 N–H and O–H groups in total. The number of aromatic nitrogens is 2. The summed E-state index contributed by atoms with van der Waals surface area (Å²) in [4.78, 5) is 17.3. The maximum atomic E-state index is 12.1. The van der Waals surface area contributed by atoms with Crippen LogP contribution in [-0.4, -0.2) is 34.2 Å². The molecule has 1 aromatic carbocycles. The van der Waals surface area contributed by atoms with Gasteiger partial charge in [0.15, 0.2) is 5.76 Å². The number of rotatable bonds is 5. The molecule has 0 spiro atoms. The van der Waals surface area contributed by atoms with E-state index in [4.69, 9.17) is 20.9 Å². The van der Waals surface area contributed by atoms with E-state index in [0.717, 1.165) is 48.2 Å². The van der Waals surface area contributed by atoms with Crippen molar-refractivity contribution < 1.29 is 14.1 Å². The molecule has 27 heavy (non-hydrogen) atoms. The summed E-state index contributed by atoms with van der Waals surface area (Å²) in [6, 6.07) is 7.49. The number of hydrogen-bond donors (Lipinski definition) is 2. The number of H-pyrrole nitrogens is 1. The highest BCUT2D eigenvalue weighted by atomic mass is 35.5. The summed E-state index contributed by atoms with van der Waals surface area (Å²) in [5.41, 5.74) is 2.62.